The predicted molar refractivity (Wildman–Crippen MR) is 120 cm³/mol. The number of ether oxygens (including phenoxy) is 1. The zero-order valence-corrected chi connectivity index (χ0v) is 18.8. The fraction of sp³-hybridized carbons (Fsp3) is 0.273. The van der Waals surface area contributed by atoms with Crippen LogP contribution in [0.5, 0.6) is 5.75 Å². The first-order chi connectivity index (χ1) is 14.6. The van der Waals surface area contributed by atoms with Crippen LogP contribution in [0.4, 0.5) is 30.6 Å². The van der Waals surface area contributed by atoms with Crippen LogP contribution < -0.4 is 15.4 Å². The molecule has 1 atom stereocenters. The van der Waals surface area contributed by atoms with Crippen LogP contribution in [0.2, 0.25) is 0 Å². The molecule has 1 heterocycles. The van der Waals surface area contributed by atoms with Gasteiger partial charge in [-0.2, -0.15) is 4.98 Å². The van der Waals surface area contributed by atoms with E-state index in [2.05, 4.69) is 41.3 Å². The minimum absolute atomic E-state index is 0.121. The number of hydrogen-bond donors (Lipinski definition) is 2. The molecule has 0 fully saturated rings. The standard InChI is InChI=1S/C22H22BrF3N4O/c1-4-13(2)27-21-29-19(15-7-5-8-16(11-15)31-22(24,25)26)12-20(30-21)28-18-10-6-9-17(23)14(18)3/h5-13H,4H2,1-3H3,(H2,27,28,29,30)/t13-/m1/s1. The molecule has 164 valence electrons. The van der Waals surface area contributed by atoms with Crippen LogP contribution in [0.1, 0.15) is 25.8 Å². The maximum atomic E-state index is 12.6. The smallest absolute Gasteiger partial charge is 0.406 e. The van der Waals surface area contributed by atoms with E-state index >= 15 is 0 Å². The van der Waals surface area contributed by atoms with Gasteiger partial charge < -0.3 is 15.4 Å². The molecule has 3 rings (SSSR count). The summed E-state index contributed by atoms with van der Waals surface area (Å²) in [4.78, 5) is 9.04. The lowest BCUT2D eigenvalue weighted by atomic mass is 10.1. The number of halogens is 4. The molecule has 0 aliphatic heterocycles. The Hall–Kier alpha value is -2.81. The minimum Gasteiger partial charge on any atom is -0.406 e. The van der Waals surface area contributed by atoms with E-state index in [1.165, 1.54) is 18.2 Å². The van der Waals surface area contributed by atoms with Gasteiger partial charge in [-0.05, 0) is 50.1 Å². The van der Waals surface area contributed by atoms with Crippen LogP contribution >= 0.6 is 15.9 Å². The second-order valence-electron chi connectivity index (χ2n) is 7.03. The van der Waals surface area contributed by atoms with Crippen molar-refractivity contribution < 1.29 is 17.9 Å². The Morgan fingerprint density at radius 1 is 1.10 bits per heavy atom. The Bertz CT molecular complexity index is 1060. The lowest BCUT2D eigenvalue weighted by molar-refractivity contribution is -0.274. The van der Waals surface area contributed by atoms with Gasteiger partial charge in [-0.25, -0.2) is 4.98 Å². The zero-order valence-electron chi connectivity index (χ0n) is 17.2. The first-order valence-electron chi connectivity index (χ1n) is 9.68. The topological polar surface area (TPSA) is 59.1 Å². The molecule has 3 aromatic rings. The molecule has 9 heteroatoms. The molecule has 0 aliphatic carbocycles. The maximum absolute atomic E-state index is 12.6. The maximum Gasteiger partial charge on any atom is 0.573 e. The average Bonchev–Trinajstić information content (AvgIpc) is 2.70. The van der Waals surface area contributed by atoms with Crippen LogP contribution in [0, 0.1) is 6.92 Å². The molecule has 2 N–H and O–H groups in total. The molecular weight excluding hydrogens is 473 g/mol. The first-order valence-corrected chi connectivity index (χ1v) is 10.5. The number of benzene rings is 2. The van der Waals surface area contributed by atoms with E-state index in [1.807, 2.05) is 39.0 Å². The summed E-state index contributed by atoms with van der Waals surface area (Å²) in [6.07, 6.45) is -3.91. The van der Waals surface area contributed by atoms with Gasteiger partial charge in [-0.3, -0.25) is 0 Å². The monoisotopic (exact) mass is 494 g/mol. The van der Waals surface area contributed by atoms with E-state index in [4.69, 9.17) is 0 Å². The quantitative estimate of drug-likeness (QED) is 0.367. The Balaban J connectivity index is 2.01. The molecular formula is C22H22BrF3N4O. The lowest BCUT2D eigenvalue weighted by Crippen LogP contribution is -2.17. The van der Waals surface area contributed by atoms with Gasteiger partial charge in [0.15, 0.2) is 0 Å². The Morgan fingerprint density at radius 2 is 1.84 bits per heavy atom. The summed E-state index contributed by atoms with van der Waals surface area (Å²) in [5.74, 6) is 0.584. The van der Waals surface area contributed by atoms with Crippen molar-refractivity contribution in [1.82, 2.24) is 9.97 Å². The third kappa shape index (κ3) is 6.33. The summed E-state index contributed by atoms with van der Waals surface area (Å²) < 4.78 is 42.9. The van der Waals surface area contributed by atoms with Crippen molar-refractivity contribution in [1.29, 1.82) is 0 Å². The molecule has 0 radical (unpaired) electrons. The van der Waals surface area contributed by atoms with Crippen molar-refractivity contribution in [3.63, 3.8) is 0 Å². The summed E-state index contributed by atoms with van der Waals surface area (Å²) >= 11 is 3.51. The van der Waals surface area contributed by atoms with Crippen molar-refractivity contribution in [3.8, 4) is 17.0 Å². The predicted octanol–water partition coefficient (Wildman–Crippen LogP) is 7.07. The van der Waals surface area contributed by atoms with Crippen LogP contribution in [0.25, 0.3) is 11.3 Å². The second-order valence-corrected chi connectivity index (χ2v) is 7.88. The number of rotatable bonds is 7. The first kappa shape index (κ1) is 22.9. The Labute approximate surface area is 187 Å². The van der Waals surface area contributed by atoms with Gasteiger partial charge in [0.25, 0.3) is 0 Å². The van der Waals surface area contributed by atoms with E-state index in [9.17, 15) is 13.2 Å². The number of hydrogen-bond acceptors (Lipinski definition) is 5. The lowest BCUT2D eigenvalue weighted by Gasteiger charge is -2.16. The van der Waals surface area contributed by atoms with Crippen LogP contribution in [0.3, 0.4) is 0 Å². The van der Waals surface area contributed by atoms with Crippen molar-refractivity contribution in [2.45, 2.75) is 39.6 Å². The molecule has 0 unspecified atom stereocenters. The van der Waals surface area contributed by atoms with Crippen LogP contribution in [-0.4, -0.2) is 22.4 Å². The highest BCUT2D eigenvalue weighted by Crippen LogP contribution is 2.31. The largest absolute Gasteiger partial charge is 0.573 e. The number of nitrogens with one attached hydrogen (secondary N) is 2. The van der Waals surface area contributed by atoms with Crippen molar-refractivity contribution in [2.75, 3.05) is 10.6 Å². The van der Waals surface area contributed by atoms with E-state index in [1.54, 1.807) is 12.1 Å². The Morgan fingerprint density at radius 3 is 2.55 bits per heavy atom. The van der Waals surface area contributed by atoms with Crippen LogP contribution in [0.15, 0.2) is 53.0 Å². The molecule has 31 heavy (non-hydrogen) atoms. The number of nitrogens with zero attached hydrogens (tertiary/aromatic N) is 2. The minimum atomic E-state index is -4.77. The molecule has 0 bridgehead atoms. The molecule has 1 aromatic heterocycles. The van der Waals surface area contributed by atoms with E-state index in [-0.39, 0.29) is 11.8 Å². The summed E-state index contributed by atoms with van der Waals surface area (Å²) in [6.45, 7) is 5.99. The second kappa shape index (κ2) is 9.55. The average molecular weight is 495 g/mol. The highest BCUT2D eigenvalue weighted by Gasteiger charge is 2.31. The van der Waals surface area contributed by atoms with Gasteiger partial charge in [-0.15, -0.1) is 13.2 Å². The third-order valence-electron chi connectivity index (χ3n) is 4.61. The third-order valence-corrected chi connectivity index (χ3v) is 5.47. The van der Waals surface area contributed by atoms with Gasteiger partial charge in [0.2, 0.25) is 5.95 Å². The van der Waals surface area contributed by atoms with Gasteiger partial charge in [0.1, 0.15) is 11.6 Å². The highest BCUT2D eigenvalue weighted by atomic mass is 79.9. The highest BCUT2D eigenvalue weighted by molar-refractivity contribution is 9.10. The van der Waals surface area contributed by atoms with Crippen molar-refractivity contribution in [3.05, 3.63) is 58.6 Å². The van der Waals surface area contributed by atoms with Crippen molar-refractivity contribution >= 4 is 33.4 Å². The molecule has 0 spiro atoms. The van der Waals surface area contributed by atoms with Gasteiger partial charge in [-0.1, -0.05) is 41.1 Å². The summed E-state index contributed by atoms with van der Waals surface area (Å²) in [6, 6.07) is 13.3. The molecule has 0 saturated carbocycles. The van der Waals surface area contributed by atoms with Gasteiger partial charge in [0.05, 0.1) is 5.69 Å². The van der Waals surface area contributed by atoms with E-state index < -0.39 is 6.36 Å². The molecule has 0 aliphatic rings. The number of anilines is 3. The number of alkyl halides is 3. The van der Waals surface area contributed by atoms with Gasteiger partial charge >= 0.3 is 6.36 Å². The van der Waals surface area contributed by atoms with E-state index in [0.29, 0.717) is 23.0 Å². The summed E-state index contributed by atoms with van der Waals surface area (Å²) in [5, 5.41) is 6.50. The zero-order chi connectivity index (χ0) is 22.6. The SMILES string of the molecule is CC[C@@H](C)Nc1nc(Nc2cccc(Br)c2C)cc(-c2cccc(OC(F)(F)F)c2)n1. The van der Waals surface area contributed by atoms with E-state index in [0.717, 1.165) is 22.1 Å². The van der Waals surface area contributed by atoms with Gasteiger partial charge in [0, 0.05) is 27.8 Å². The molecule has 2 aromatic carbocycles. The molecule has 0 saturated heterocycles. The normalized spacial score (nSPS) is 12.4. The molecule has 0 amide bonds. The molecule has 5 nitrogen and oxygen atoms in total. The summed E-state index contributed by atoms with van der Waals surface area (Å²) in [7, 11) is 0. The number of aromatic nitrogens is 2. The fourth-order valence-electron chi connectivity index (χ4n) is 2.78. The summed E-state index contributed by atoms with van der Waals surface area (Å²) in [5.41, 5.74) is 2.79. The van der Waals surface area contributed by atoms with Crippen molar-refractivity contribution in [2.24, 2.45) is 0 Å². The Kier molecular flexibility index (Phi) is 7.04. The fourth-order valence-corrected chi connectivity index (χ4v) is 3.15. The van der Waals surface area contributed by atoms with Crippen LogP contribution in [-0.2, 0) is 0 Å².